The van der Waals surface area contributed by atoms with Crippen molar-refractivity contribution in [2.24, 2.45) is 5.11 Å². The molecule has 0 heterocycles. The van der Waals surface area contributed by atoms with E-state index < -0.39 is 16.1 Å². The molecular formula is C16H18N4O4S. The van der Waals surface area contributed by atoms with E-state index in [1.807, 2.05) is 30.3 Å². The molecule has 2 N–H and O–H groups in total. The average Bonchev–Trinajstić information content (AvgIpc) is 2.58. The zero-order chi connectivity index (χ0) is 18.3. The molecule has 9 heteroatoms. The molecule has 0 aromatic heterocycles. The van der Waals surface area contributed by atoms with Crippen LogP contribution in [0.3, 0.4) is 0 Å². The first-order valence-electron chi connectivity index (χ1n) is 7.36. The largest absolute Gasteiger partial charge is 0.487 e. The summed E-state index contributed by atoms with van der Waals surface area (Å²) in [5.74, 6) is 0.328. The predicted octanol–water partition coefficient (Wildman–Crippen LogP) is 2.98. The van der Waals surface area contributed by atoms with E-state index in [1.54, 1.807) is 12.1 Å². The molecule has 0 radical (unpaired) electrons. The van der Waals surface area contributed by atoms with Gasteiger partial charge >= 0.3 is 0 Å². The summed E-state index contributed by atoms with van der Waals surface area (Å²) in [5, 5.41) is 13.3. The van der Waals surface area contributed by atoms with Crippen LogP contribution in [0.25, 0.3) is 10.4 Å². The van der Waals surface area contributed by atoms with Crippen LogP contribution in [-0.2, 0) is 16.6 Å². The van der Waals surface area contributed by atoms with Gasteiger partial charge in [0.2, 0.25) is 10.0 Å². The number of rotatable bonds is 8. The van der Waals surface area contributed by atoms with Crippen LogP contribution in [0.5, 0.6) is 5.75 Å². The summed E-state index contributed by atoms with van der Waals surface area (Å²) in [5.41, 5.74) is 9.87. The van der Waals surface area contributed by atoms with Crippen LogP contribution in [-0.4, -0.2) is 26.3 Å². The fourth-order valence-corrected chi connectivity index (χ4v) is 2.67. The Balaban J connectivity index is 2.26. The third-order valence-electron chi connectivity index (χ3n) is 3.24. The summed E-state index contributed by atoms with van der Waals surface area (Å²) in [6.07, 6.45) is -0.0176. The van der Waals surface area contributed by atoms with Gasteiger partial charge < -0.3 is 9.84 Å². The minimum atomic E-state index is -3.54. The normalized spacial score (nSPS) is 12.1. The average molecular weight is 362 g/mol. The quantitative estimate of drug-likeness (QED) is 0.425. The number of hydrogen-bond acceptors (Lipinski definition) is 5. The van der Waals surface area contributed by atoms with E-state index in [4.69, 9.17) is 10.3 Å². The number of nitrogens with one attached hydrogen (secondary N) is 1. The van der Waals surface area contributed by atoms with Gasteiger partial charge in [-0.05, 0) is 28.8 Å². The number of aliphatic hydroxyl groups excluding tert-OH is 1. The third-order valence-corrected chi connectivity index (χ3v) is 3.83. The van der Waals surface area contributed by atoms with E-state index in [2.05, 4.69) is 14.7 Å². The molecule has 2 rings (SSSR count). The van der Waals surface area contributed by atoms with Crippen LogP contribution in [0.4, 0.5) is 5.69 Å². The highest BCUT2D eigenvalue weighted by Crippen LogP contribution is 2.30. The molecule has 0 bridgehead atoms. The maximum atomic E-state index is 11.6. The van der Waals surface area contributed by atoms with E-state index in [0.717, 1.165) is 11.8 Å². The standard InChI is InChI=1S/C16H18N4O4S/c1-25(22,23)19-14-9-13(15(21)10-18-20-17)7-8-16(14)24-11-12-5-3-2-4-6-12/h2-9,15,19,21H,10-11H2,1H3/t15-/m0/s1. The highest BCUT2D eigenvalue weighted by Gasteiger charge is 2.14. The molecule has 0 fully saturated rings. The van der Waals surface area contributed by atoms with Crippen molar-refractivity contribution in [3.05, 3.63) is 70.1 Å². The SMILES string of the molecule is CS(=O)(=O)Nc1cc([C@@H](O)CN=[N+]=[N-])ccc1OCc1ccccc1. The van der Waals surface area contributed by atoms with E-state index in [-0.39, 0.29) is 18.8 Å². The van der Waals surface area contributed by atoms with Crippen LogP contribution >= 0.6 is 0 Å². The van der Waals surface area contributed by atoms with Crippen molar-refractivity contribution in [2.75, 3.05) is 17.5 Å². The van der Waals surface area contributed by atoms with Crippen LogP contribution in [0.1, 0.15) is 17.2 Å². The minimum absolute atomic E-state index is 0.154. The van der Waals surface area contributed by atoms with Crippen LogP contribution in [0.2, 0.25) is 0 Å². The second kappa shape index (κ2) is 8.39. The van der Waals surface area contributed by atoms with Gasteiger partial charge in [-0.1, -0.05) is 41.5 Å². The van der Waals surface area contributed by atoms with Crippen molar-refractivity contribution in [1.29, 1.82) is 0 Å². The summed E-state index contributed by atoms with van der Waals surface area (Å²) < 4.78 is 31.2. The number of aliphatic hydroxyl groups is 1. The lowest BCUT2D eigenvalue weighted by atomic mass is 10.1. The van der Waals surface area contributed by atoms with Gasteiger partial charge in [0.25, 0.3) is 0 Å². The van der Waals surface area contributed by atoms with Gasteiger partial charge in [-0.3, -0.25) is 4.72 Å². The van der Waals surface area contributed by atoms with Gasteiger partial charge in [0.15, 0.2) is 0 Å². The molecule has 0 saturated carbocycles. The van der Waals surface area contributed by atoms with Crippen molar-refractivity contribution in [3.63, 3.8) is 0 Å². The smallest absolute Gasteiger partial charge is 0.229 e. The van der Waals surface area contributed by atoms with Gasteiger partial charge in [-0.2, -0.15) is 0 Å². The number of benzene rings is 2. The first-order valence-corrected chi connectivity index (χ1v) is 9.25. The molecule has 8 nitrogen and oxygen atoms in total. The van der Waals surface area contributed by atoms with E-state index in [1.165, 1.54) is 6.07 Å². The molecule has 0 unspecified atom stereocenters. The Morgan fingerprint density at radius 2 is 2.00 bits per heavy atom. The third kappa shape index (κ3) is 6.00. The molecule has 0 aliphatic carbocycles. The van der Waals surface area contributed by atoms with Crippen LogP contribution < -0.4 is 9.46 Å². The summed E-state index contributed by atoms with van der Waals surface area (Å²) >= 11 is 0. The lowest BCUT2D eigenvalue weighted by Gasteiger charge is -2.16. The Bertz CT molecular complexity index is 865. The van der Waals surface area contributed by atoms with Crippen molar-refractivity contribution >= 4 is 15.7 Å². The van der Waals surface area contributed by atoms with Gasteiger partial charge in [0.05, 0.1) is 24.6 Å². The van der Waals surface area contributed by atoms with Gasteiger partial charge in [-0.15, -0.1) is 0 Å². The Labute approximate surface area is 145 Å². The fraction of sp³-hybridized carbons (Fsp3) is 0.250. The number of sulfonamides is 1. The first-order chi connectivity index (χ1) is 11.9. The molecule has 2 aromatic carbocycles. The van der Waals surface area contributed by atoms with E-state index >= 15 is 0 Å². The molecule has 0 saturated heterocycles. The van der Waals surface area contributed by atoms with Crippen molar-refractivity contribution in [2.45, 2.75) is 12.7 Å². The van der Waals surface area contributed by atoms with Crippen molar-refractivity contribution < 1.29 is 18.3 Å². The molecular weight excluding hydrogens is 344 g/mol. The number of nitrogens with zero attached hydrogens (tertiary/aromatic N) is 3. The molecule has 132 valence electrons. The lowest BCUT2D eigenvalue weighted by Crippen LogP contribution is -2.12. The maximum Gasteiger partial charge on any atom is 0.229 e. The molecule has 1 atom stereocenters. The van der Waals surface area contributed by atoms with Crippen molar-refractivity contribution in [3.8, 4) is 5.75 Å². The Morgan fingerprint density at radius 1 is 1.28 bits per heavy atom. The second-order valence-electron chi connectivity index (χ2n) is 5.33. The molecule has 0 spiro atoms. The monoisotopic (exact) mass is 362 g/mol. The summed E-state index contributed by atoms with van der Waals surface area (Å²) in [6, 6.07) is 14.0. The summed E-state index contributed by atoms with van der Waals surface area (Å²) in [4.78, 5) is 2.59. The lowest BCUT2D eigenvalue weighted by molar-refractivity contribution is 0.186. The Kier molecular flexibility index (Phi) is 6.24. The number of anilines is 1. The zero-order valence-corrected chi connectivity index (χ0v) is 14.3. The Hall–Kier alpha value is -2.74. The fourth-order valence-electron chi connectivity index (χ4n) is 2.11. The van der Waals surface area contributed by atoms with E-state index in [0.29, 0.717) is 11.3 Å². The van der Waals surface area contributed by atoms with E-state index in [9.17, 15) is 13.5 Å². The molecule has 0 aliphatic heterocycles. The second-order valence-corrected chi connectivity index (χ2v) is 7.08. The topological polar surface area (TPSA) is 124 Å². The molecule has 0 aliphatic rings. The number of hydrogen-bond donors (Lipinski definition) is 2. The van der Waals surface area contributed by atoms with Gasteiger partial charge in [0, 0.05) is 4.91 Å². The highest BCUT2D eigenvalue weighted by atomic mass is 32.2. The Morgan fingerprint density at radius 3 is 2.64 bits per heavy atom. The highest BCUT2D eigenvalue weighted by molar-refractivity contribution is 7.92. The van der Waals surface area contributed by atoms with Gasteiger partial charge in [-0.25, -0.2) is 8.42 Å². The maximum absolute atomic E-state index is 11.6. The molecule has 25 heavy (non-hydrogen) atoms. The summed E-state index contributed by atoms with van der Waals surface area (Å²) in [6.45, 7) is 0.110. The number of azide groups is 1. The van der Waals surface area contributed by atoms with Gasteiger partial charge in [0.1, 0.15) is 12.4 Å². The minimum Gasteiger partial charge on any atom is -0.487 e. The summed E-state index contributed by atoms with van der Waals surface area (Å²) in [7, 11) is -3.54. The van der Waals surface area contributed by atoms with Crippen LogP contribution in [0, 0.1) is 0 Å². The van der Waals surface area contributed by atoms with Crippen molar-refractivity contribution in [1.82, 2.24) is 0 Å². The predicted molar refractivity (Wildman–Crippen MR) is 94.7 cm³/mol. The number of ether oxygens (including phenoxy) is 1. The molecule has 0 amide bonds. The molecule has 2 aromatic rings. The first kappa shape index (κ1) is 18.6. The van der Waals surface area contributed by atoms with Crippen LogP contribution in [0.15, 0.2) is 53.6 Å². The zero-order valence-electron chi connectivity index (χ0n) is 13.5.